The topological polar surface area (TPSA) is 29.1 Å². The van der Waals surface area contributed by atoms with Crippen LogP contribution >= 0.6 is 11.6 Å². The highest BCUT2D eigenvalue weighted by Crippen LogP contribution is 2.16. The maximum Gasteiger partial charge on any atom is 0.221 e. The Labute approximate surface area is 95.6 Å². The van der Waals surface area contributed by atoms with Crippen molar-refractivity contribution >= 4 is 17.5 Å². The fourth-order valence-corrected chi connectivity index (χ4v) is 1.72. The third-order valence-electron chi connectivity index (χ3n) is 2.35. The first-order valence-corrected chi connectivity index (χ1v) is 5.59. The van der Waals surface area contributed by atoms with Crippen LogP contribution < -0.4 is 5.32 Å². The molecule has 0 aliphatic heterocycles. The molecular weight excluding hydrogens is 210 g/mol. The van der Waals surface area contributed by atoms with Crippen molar-refractivity contribution < 1.29 is 4.79 Å². The fourth-order valence-electron chi connectivity index (χ4n) is 1.55. The van der Waals surface area contributed by atoms with E-state index in [1.165, 1.54) is 5.56 Å². The Morgan fingerprint density at radius 2 is 2.13 bits per heavy atom. The van der Waals surface area contributed by atoms with Crippen molar-refractivity contribution in [2.24, 2.45) is 0 Å². The van der Waals surface area contributed by atoms with Gasteiger partial charge in [0, 0.05) is 12.3 Å². The molecule has 1 rings (SSSR count). The summed E-state index contributed by atoms with van der Waals surface area (Å²) < 4.78 is 0. The number of rotatable bonds is 4. The van der Waals surface area contributed by atoms with Gasteiger partial charge < -0.3 is 5.32 Å². The second-order valence-electron chi connectivity index (χ2n) is 3.58. The number of aryl methyl sites for hydroxylation is 1. The molecule has 3 heteroatoms. The van der Waals surface area contributed by atoms with Gasteiger partial charge in [-0.2, -0.15) is 0 Å². The molecule has 1 aromatic carbocycles. The third kappa shape index (κ3) is 3.56. The molecule has 1 N–H and O–H groups in total. The van der Waals surface area contributed by atoms with Crippen LogP contribution in [-0.2, 0) is 4.79 Å². The van der Waals surface area contributed by atoms with E-state index in [-0.39, 0.29) is 11.9 Å². The molecule has 1 aromatic rings. The molecule has 1 atom stereocenters. The highest BCUT2D eigenvalue weighted by Gasteiger charge is 2.10. The second-order valence-corrected chi connectivity index (χ2v) is 3.96. The first kappa shape index (κ1) is 12.1. The largest absolute Gasteiger partial charge is 0.350 e. The molecule has 0 aromatic heterocycles. The smallest absolute Gasteiger partial charge is 0.221 e. The normalized spacial score (nSPS) is 12.2. The van der Waals surface area contributed by atoms with Crippen molar-refractivity contribution in [3.05, 3.63) is 35.4 Å². The minimum atomic E-state index is 0.000697. The lowest BCUT2D eigenvalue weighted by Crippen LogP contribution is -2.27. The standard InChI is InChI=1S/C12H16ClNO/c1-9-5-3-4-6-11(9)10(2)14-12(15)7-8-13/h3-6,10H,7-8H2,1-2H3,(H,14,15)/t10-/m0/s1. The Hall–Kier alpha value is -1.02. The van der Waals surface area contributed by atoms with Gasteiger partial charge in [-0.1, -0.05) is 24.3 Å². The van der Waals surface area contributed by atoms with Gasteiger partial charge in [-0.3, -0.25) is 4.79 Å². The monoisotopic (exact) mass is 225 g/mol. The Morgan fingerprint density at radius 1 is 1.47 bits per heavy atom. The zero-order valence-corrected chi connectivity index (χ0v) is 9.84. The molecular formula is C12H16ClNO. The van der Waals surface area contributed by atoms with Gasteiger partial charge in [0.2, 0.25) is 5.91 Å². The molecule has 0 aliphatic carbocycles. The summed E-state index contributed by atoms with van der Waals surface area (Å²) in [6.07, 6.45) is 0.373. The zero-order valence-electron chi connectivity index (χ0n) is 9.09. The molecule has 0 spiro atoms. The summed E-state index contributed by atoms with van der Waals surface area (Å²) in [5.41, 5.74) is 2.34. The number of carbonyl (C=O) groups excluding carboxylic acids is 1. The van der Waals surface area contributed by atoms with Crippen molar-refractivity contribution in [2.75, 3.05) is 5.88 Å². The van der Waals surface area contributed by atoms with Crippen molar-refractivity contribution in [3.8, 4) is 0 Å². The Bertz CT molecular complexity index is 338. The van der Waals surface area contributed by atoms with Gasteiger partial charge in [-0.05, 0) is 25.0 Å². The predicted octanol–water partition coefficient (Wildman–Crippen LogP) is 2.80. The molecule has 0 unspecified atom stereocenters. The molecule has 2 nitrogen and oxygen atoms in total. The van der Waals surface area contributed by atoms with E-state index < -0.39 is 0 Å². The number of alkyl halides is 1. The van der Waals surface area contributed by atoms with E-state index in [4.69, 9.17) is 11.6 Å². The lowest BCUT2D eigenvalue weighted by molar-refractivity contribution is -0.121. The average Bonchev–Trinajstić information content (AvgIpc) is 2.18. The molecule has 0 saturated carbocycles. The number of halogens is 1. The molecule has 82 valence electrons. The van der Waals surface area contributed by atoms with Crippen molar-refractivity contribution in [3.63, 3.8) is 0 Å². The maximum atomic E-state index is 11.3. The summed E-state index contributed by atoms with van der Waals surface area (Å²) in [5, 5.41) is 2.91. The molecule has 0 fully saturated rings. The lowest BCUT2D eigenvalue weighted by atomic mass is 10.0. The van der Waals surface area contributed by atoms with Crippen molar-refractivity contribution in [2.45, 2.75) is 26.3 Å². The average molecular weight is 226 g/mol. The van der Waals surface area contributed by atoms with Crippen LogP contribution in [0, 0.1) is 6.92 Å². The SMILES string of the molecule is Cc1ccccc1[C@H](C)NC(=O)CCCl. The summed E-state index contributed by atoms with van der Waals surface area (Å²) in [6.45, 7) is 4.02. The van der Waals surface area contributed by atoms with E-state index in [0.717, 1.165) is 5.56 Å². The molecule has 1 amide bonds. The second kappa shape index (κ2) is 5.76. The quantitative estimate of drug-likeness (QED) is 0.785. The van der Waals surface area contributed by atoms with Crippen LogP contribution in [0.15, 0.2) is 24.3 Å². The number of hydrogen-bond donors (Lipinski definition) is 1. The number of nitrogens with one attached hydrogen (secondary N) is 1. The van der Waals surface area contributed by atoms with E-state index in [0.29, 0.717) is 12.3 Å². The van der Waals surface area contributed by atoms with Crippen LogP contribution in [0.4, 0.5) is 0 Å². The van der Waals surface area contributed by atoms with Crippen LogP contribution in [0.1, 0.15) is 30.5 Å². The molecule has 0 radical (unpaired) electrons. The molecule has 0 heterocycles. The molecule has 0 saturated heterocycles. The van der Waals surface area contributed by atoms with Crippen molar-refractivity contribution in [1.82, 2.24) is 5.32 Å². The minimum absolute atomic E-state index is 0.000697. The van der Waals surface area contributed by atoms with Crippen LogP contribution in [-0.4, -0.2) is 11.8 Å². The van der Waals surface area contributed by atoms with E-state index in [1.807, 2.05) is 38.1 Å². The van der Waals surface area contributed by atoms with Gasteiger partial charge >= 0.3 is 0 Å². The van der Waals surface area contributed by atoms with Gasteiger partial charge in [0.05, 0.1) is 6.04 Å². The van der Waals surface area contributed by atoms with Gasteiger partial charge in [0.25, 0.3) is 0 Å². The minimum Gasteiger partial charge on any atom is -0.350 e. The lowest BCUT2D eigenvalue weighted by Gasteiger charge is -2.16. The van der Waals surface area contributed by atoms with Crippen LogP contribution in [0.2, 0.25) is 0 Å². The van der Waals surface area contributed by atoms with Gasteiger partial charge in [-0.25, -0.2) is 0 Å². The van der Waals surface area contributed by atoms with Gasteiger partial charge in [0.15, 0.2) is 0 Å². The van der Waals surface area contributed by atoms with E-state index >= 15 is 0 Å². The van der Waals surface area contributed by atoms with Gasteiger partial charge in [0.1, 0.15) is 0 Å². The van der Waals surface area contributed by atoms with Crippen molar-refractivity contribution in [1.29, 1.82) is 0 Å². The number of amides is 1. The predicted molar refractivity (Wildman–Crippen MR) is 63.1 cm³/mol. The first-order chi connectivity index (χ1) is 7.15. The van der Waals surface area contributed by atoms with Gasteiger partial charge in [-0.15, -0.1) is 11.6 Å². The molecule has 15 heavy (non-hydrogen) atoms. The Morgan fingerprint density at radius 3 is 2.73 bits per heavy atom. The first-order valence-electron chi connectivity index (χ1n) is 5.06. The highest BCUT2D eigenvalue weighted by atomic mass is 35.5. The number of hydrogen-bond acceptors (Lipinski definition) is 1. The summed E-state index contributed by atoms with van der Waals surface area (Å²) in [6, 6.07) is 8.08. The summed E-state index contributed by atoms with van der Waals surface area (Å²) in [7, 11) is 0. The summed E-state index contributed by atoms with van der Waals surface area (Å²) in [4.78, 5) is 11.3. The van der Waals surface area contributed by atoms with E-state index in [1.54, 1.807) is 0 Å². The molecule has 0 aliphatic rings. The fraction of sp³-hybridized carbons (Fsp3) is 0.417. The maximum absolute atomic E-state index is 11.3. The summed E-state index contributed by atoms with van der Waals surface area (Å²) in [5.74, 6) is 0.368. The Balaban J connectivity index is 2.65. The van der Waals surface area contributed by atoms with Crippen LogP contribution in [0.25, 0.3) is 0 Å². The van der Waals surface area contributed by atoms with Crippen LogP contribution in [0.5, 0.6) is 0 Å². The Kier molecular flexibility index (Phi) is 4.63. The van der Waals surface area contributed by atoms with E-state index in [9.17, 15) is 4.79 Å². The number of benzene rings is 1. The summed E-state index contributed by atoms with van der Waals surface area (Å²) >= 11 is 5.50. The number of carbonyl (C=O) groups is 1. The third-order valence-corrected chi connectivity index (χ3v) is 2.54. The van der Waals surface area contributed by atoms with E-state index in [2.05, 4.69) is 5.32 Å². The molecule has 0 bridgehead atoms. The van der Waals surface area contributed by atoms with Crippen LogP contribution in [0.3, 0.4) is 0 Å². The highest BCUT2D eigenvalue weighted by molar-refractivity contribution is 6.18. The zero-order chi connectivity index (χ0) is 11.3.